The minimum absolute atomic E-state index is 0.176. The smallest absolute Gasteiger partial charge is 0.394 e. The number of phenols is 2. The van der Waals surface area contributed by atoms with Crippen molar-refractivity contribution in [1.29, 1.82) is 0 Å². The van der Waals surface area contributed by atoms with E-state index in [4.69, 9.17) is 27.0 Å². The summed E-state index contributed by atoms with van der Waals surface area (Å²) in [6.07, 6.45) is -0.383. The summed E-state index contributed by atoms with van der Waals surface area (Å²) in [6, 6.07) is 20.1. The molecule has 0 spiro atoms. The number of aromatic hydroxyl groups is 2. The largest absolute Gasteiger partial charge is 0.508 e. The molecule has 2 aliphatic heterocycles. The van der Waals surface area contributed by atoms with Gasteiger partial charge in [0, 0.05) is 36.7 Å². The lowest BCUT2D eigenvalue weighted by molar-refractivity contribution is 0.0668. The van der Waals surface area contributed by atoms with E-state index in [0.29, 0.717) is 12.4 Å². The van der Waals surface area contributed by atoms with Crippen LogP contribution in [-0.2, 0) is 10.4 Å². The van der Waals surface area contributed by atoms with Crippen LogP contribution in [0.1, 0.15) is 29.7 Å². The van der Waals surface area contributed by atoms with Crippen LogP contribution >= 0.6 is 0 Å². The highest BCUT2D eigenvalue weighted by atomic mass is 32.3. The van der Waals surface area contributed by atoms with E-state index in [-0.39, 0.29) is 30.2 Å². The van der Waals surface area contributed by atoms with E-state index < -0.39 is 10.4 Å². The van der Waals surface area contributed by atoms with Crippen LogP contribution in [0, 0.1) is 5.92 Å². The topological polar surface area (TPSA) is 137 Å². The summed E-state index contributed by atoms with van der Waals surface area (Å²) in [7, 11) is -4.67. The van der Waals surface area contributed by atoms with E-state index in [2.05, 4.69) is 4.90 Å². The van der Waals surface area contributed by atoms with Gasteiger partial charge >= 0.3 is 10.4 Å². The minimum Gasteiger partial charge on any atom is -0.508 e. The maximum Gasteiger partial charge on any atom is 0.394 e. The van der Waals surface area contributed by atoms with Crippen molar-refractivity contribution < 1.29 is 41.6 Å². The number of hydrogen-bond acceptors (Lipinski definition) is 7. The number of ether oxygens (including phenoxy) is 2. The lowest BCUT2D eigenvalue weighted by atomic mass is 9.86. The predicted molar refractivity (Wildman–Crippen MR) is 144 cm³/mol. The normalized spacial score (nSPS) is 17.4. The quantitative estimate of drug-likeness (QED) is 0.301. The van der Waals surface area contributed by atoms with E-state index in [1.54, 1.807) is 30.3 Å². The predicted octanol–water partition coefficient (Wildman–Crippen LogP) is 4.79. The molecule has 0 amide bonds. The molecule has 4 N–H and O–H groups in total. The Kier molecular flexibility index (Phi) is 8.76. The summed E-state index contributed by atoms with van der Waals surface area (Å²) in [5, 5.41) is 20.1. The molecule has 9 nitrogen and oxygen atoms in total. The standard InChI is InChI=1S/C28H28FNO4.H2O4S/c1-18-25-14-23(32)7-10-26(25)34-28(27(18)21-3-2-4-22(31)13-21)20-5-8-24(9-6-20)33-12-11-30-16-19(15-29)17-30;1-5(2,3)4/h2-10,13-14,19,28,31-32H,11-12,15-17H2,1H3;(H2,1,2,3,4)/t28-;/m0./s1. The molecule has 5 rings (SSSR count). The average molecular weight is 560 g/mol. The molecule has 2 heterocycles. The molecular formula is C28H30FNO8S. The number of alkyl halides is 1. The number of hydrogen-bond donors (Lipinski definition) is 4. The van der Waals surface area contributed by atoms with Crippen molar-refractivity contribution in [2.75, 3.05) is 32.9 Å². The van der Waals surface area contributed by atoms with Crippen LogP contribution in [0.15, 0.2) is 66.7 Å². The van der Waals surface area contributed by atoms with Gasteiger partial charge < -0.3 is 19.7 Å². The van der Waals surface area contributed by atoms with Crippen LogP contribution < -0.4 is 9.47 Å². The van der Waals surface area contributed by atoms with Crippen molar-refractivity contribution in [3.63, 3.8) is 0 Å². The Morgan fingerprint density at radius 1 is 1.00 bits per heavy atom. The van der Waals surface area contributed by atoms with Crippen molar-refractivity contribution in [2.24, 2.45) is 5.92 Å². The fourth-order valence-electron chi connectivity index (χ4n) is 4.71. The molecule has 0 unspecified atom stereocenters. The summed E-state index contributed by atoms with van der Waals surface area (Å²) in [4.78, 5) is 2.19. The van der Waals surface area contributed by atoms with Crippen molar-refractivity contribution in [2.45, 2.75) is 13.0 Å². The molecule has 0 bridgehead atoms. The van der Waals surface area contributed by atoms with Crippen LogP contribution in [0.5, 0.6) is 23.0 Å². The minimum atomic E-state index is -4.67. The summed E-state index contributed by atoms with van der Waals surface area (Å²) in [5.74, 6) is 2.01. The zero-order valence-corrected chi connectivity index (χ0v) is 22.0. The highest BCUT2D eigenvalue weighted by Gasteiger charge is 2.30. The summed E-state index contributed by atoms with van der Waals surface area (Å²) >= 11 is 0. The van der Waals surface area contributed by atoms with Crippen molar-refractivity contribution >= 4 is 21.5 Å². The van der Waals surface area contributed by atoms with Gasteiger partial charge in [-0.05, 0) is 66.1 Å². The van der Waals surface area contributed by atoms with Crippen LogP contribution in [-0.4, -0.2) is 65.6 Å². The van der Waals surface area contributed by atoms with E-state index in [1.807, 2.05) is 43.3 Å². The van der Waals surface area contributed by atoms with Gasteiger partial charge in [-0.25, -0.2) is 0 Å². The molecular weight excluding hydrogens is 529 g/mol. The Labute approximate surface area is 226 Å². The summed E-state index contributed by atoms with van der Waals surface area (Å²) < 4.78 is 56.5. The fraction of sp³-hybridized carbons (Fsp3) is 0.286. The number of benzene rings is 3. The van der Waals surface area contributed by atoms with Gasteiger partial charge in [-0.1, -0.05) is 24.3 Å². The number of rotatable bonds is 7. The lowest BCUT2D eigenvalue weighted by Gasteiger charge is -2.37. The molecule has 1 atom stereocenters. The first kappa shape index (κ1) is 28.4. The number of halogens is 1. The zero-order valence-electron chi connectivity index (χ0n) is 21.2. The van der Waals surface area contributed by atoms with E-state index in [0.717, 1.165) is 53.2 Å². The molecule has 3 aromatic carbocycles. The Morgan fingerprint density at radius 2 is 1.67 bits per heavy atom. The van der Waals surface area contributed by atoms with Gasteiger partial charge in [-0.2, -0.15) is 8.42 Å². The van der Waals surface area contributed by atoms with E-state index in [9.17, 15) is 14.6 Å². The zero-order chi connectivity index (χ0) is 28.2. The molecule has 11 heteroatoms. The number of nitrogens with zero attached hydrogens (tertiary/aromatic N) is 1. The highest BCUT2D eigenvalue weighted by molar-refractivity contribution is 7.79. The summed E-state index contributed by atoms with van der Waals surface area (Å²) in [5.41, 5.74) is 4.56. The maximum atomic E-state index is 12.6. The first-order chi connectivity index (χ1) is 18.5. The Morgan fingerprint density at radius 3 is 2.31 bits per heavy atom. The fourth-order valence-corrected chi connectivity index (χ4v) is 4.71. The van der Waals surface area contributed by atoms with Crippen LogP contribution in [0.2, 0.25) is 0 Å². The van der Waals surface area contributed by atoms with Crippen LogP contribution in [0.25, 0.3) is 11.1 Å². The van der Waals surface area contributed by atoms with E-state index >= 15 is 0 Å². The second-order valence-corrected chi connectivity index (χ2v) is 10.3. The van der Waals surface area contributed by atoms with Gasteiger partial charge in [0.25, 0.3) is 0 Å². The molecule has 3 aromatic rings. The molecule has 0 aromatic heterocycles. The first-order valence-corrected chi connectivity index (χ1v) is 13.6. The highest BCUT2D eigenvalue weighted by Crippen LogP contribution is 2.47. The molecule has 39 heavy (non-hydrogen) atoms. The maximum absolute atomic E-state index is 12.6. The SMILES string of the molecule is CC1=C(c2cccc(O)c2)[C@H](c2ccc(OCCN3CC(CF)C3)cc2)Oc2ccc(O)cc21.O=S(=O)(O)O. The summed E-state index contributed by atoms with van der Waals surface area (Å²) in [6.45, 7) is 4.72. The van der Waals surface area contributed by atoms with Crippen molar-refractivity contribution in [3.8, 4) is 23.0 Å². The molecule has 0 saturated carbocycles. The van der Waals surface area contributed by atoms with Gasteiger partial charge in [-0.3, -0.25) is 18.4 Å². The van der Waals surface area contributed by atoms with Gasteiger partial charge in [0.2, 0.25) is 0 Å². The van der Waals surface area contributed by atoms with Gasteiger partial charge in [0.1, 0.15) is 35.7 Å². The number of allylic oxidation sites excluding steroid dienone is 1. The van der Waals surface area contributed by atoms with Crippen LogP contribution in [0.4, 0.5) is 4.39 Å². The van der Waals surface area contributed by atoms with Gasteiger partial charge in [-0.15, -0.1) is 0 Å². The average Bonchev–Trinajstić information content (AvgIpc) is 2.85. The molecule has 1 saturated heterocycles. The number of likely N-dealkylation sites (tertiary alicyclic amines) is 1. The monoisotopic (exact) mass is 559 g/mol. The third kappa shape index (κ3) is 7.48. The Bertz CT molecular complexity index is 1430. The second-order valence-electron chi connectivity index (χ2n) is 9.41. The third-order valence-electron chi connectivity index (χ3n) is 6.55. The third-order valence-corrected chi connectivity index (χ3v) is 6.55. The Balaban J connectivity index is 0.000000648. The second kappa shape index (κ2) is 12.0. The van der Waals surface area contributed by atoms with E-state index in [1.165, 1.54) is 0 Å². The molecule has 208 valence electrons. The van der Waals surface area contributed by atoms with Crippen molar-refractivity contribution in [1.82, 2.24) is 4.90 Å². The Hall–Kier alpha value is -3.64. The first-order valence-electron chi connectivity index (χ1n) is 12.2. The van der Waals surface area contributed by atoms with Crippen LogP contribution in [0.3, 0.4) is 0 Å². The number of phenolic OH excluding ortho intramolecular Hbond substituents is 2. The molecule has 0 radical (unpaired) electrons. The molecule has 2 aliphatic rings. The molecule has 0 aliphatic carbocycles. The van der Waals surface area contributed by atoms with Gasteiger partial charge in [0.15, 0.2) is 0 Å². The van der Waals surface area contributed by atoms with Gasteiger partial charge in [0.05, 0.1) is 6.67 Å². The number of fused-ring (bicyclic) bond motifs is 1. The lowest BCUT2D eigenvalue weighted by Crippen LogP contribution is -2.49. The van der Waals surface area contributed by atoms with Crippen molar-refractivity contribution in [3.05, 3.63) is 83.4 Å². The molecule has 1 fully saturated rings.